The lowest BCUT2D eigenvalue weighted by Gasteiger charge is -2.32. The second kappa shape index (κ2) is 4.33. The normalized spacial score (nSPS) is 19.9. The summed E-state index contributed by atoms with van der Waals surface area (Å²) >= 11 is 0. The molecule has 1 saturated heterocycles. The highest BCUT2D eigenvalue weighted by Gasteiger charge is 2.49. The standard InChI is InChI=1S/C6H12N4O4/c7-9-4(11)6(5(12)10-8)3-13-1-2-14-6/h1-3,7-8H2,(H,9,11)(H,10,12). The van der Waals surface area contributed by atoms with Crippen molar-refractivity contribution in [3.63, 3.8) is 0 Å². The molecule has 80 valence electrons. The Morgan fingerprint density at radius 1 is 1.14 bits per heavy atom. The molecule has 1 heterocycles. The van der Waals surface area contributed by atoms with E-state index in [1.165, 1.54) is 0 Å². The SMILES string of the molecule is NNC(=O)C1(C(=O)NN)COCCO1. The number of nitrogens with one attached hydrogen (secondary N) is 2. The van der Waals surface area contributed by atoms with Crippen LogP contribution >= 0.6 is 0 Å². The molecule has 0 aromatic rings. The second-order valence-corrected chi connectivity index (χ2v) is 2.67. The summed E-state index contributed by atoms with van der Waals surface area (Å²) in [5, 5.41) is 0. The van der Waals surface area contributed by atoms with Crippen LogP contribution in [0, 0.1) is 0 Å². The van der Waals surface area contributed by atoms with Gasteiger partial charge < -0.3 is 9.47 Å². The molecule has 8 nitrogen and oxygen atoms in total. The van der Waals surface area contributed by atoms with Crippen molar-refractivity contribution in [2.24, 2.45) is 11.7 Å². The molecule has 0 spiro atoms. The van der Waals surface area contributed by atoms with Gasteiger partial charge in [-0.3, -0.25) is 20.4 Å². The smallest absolute Gasteiger partial charge is 0.278 e. The summed E-state index contributed by atoms with van der Waals surface area (Å²) in [4.78, 5) is 22.7. The van der Waals surface area contributed by atoms with E-state index in [1.807, 2.05) is 10.9 Å². The molecule has 0 atom stereocenters. The molecule has 6 N–H and O–H groups in total. The Morgan fingerprint density at radius 2 is 1.71 bits per heavy atom. The first-order chi connectivity index (χ1) is 6.67. The van der Waals surface area contributed by atoms with Crippen LogP contribution in [0.5, 0.6) is 0 Å². The van der Waals surface area contributed by atoms with E-state index in [2.05, 4.69) is 0 Å². The van der Waals surface area contributed by atoms with E-state index in [1.54, 1.807) is 0 Å². The average molecular weight is 204 g/mol. The van der Waals surface area contributed by atoms with Gasteiger partial charge in [0.05, 0.1) is 19.8 Å². The van der Waals surface area contributed by atoms with E-state index in [9.17, 15) is 9.59 Å². The number of hydrazine groups is 2. The fraction of sp³-hybridized carbons (Fsp3) is 0.667. The number of hydrogen-bond donors (Lipinski definition) is 4. The summed E-state index contributed by atoms with van der Waals surface area (Å²) in [7, 11) is 0. The molecule has 0 aromatic carbocycles. The number of amides is 2. The number of carbonyl (C=O) groups excluding carboxylic acids is 2. The van der Waals surface area contributed by atoms with Crippen molar-refractivity contribution < 1.29 is 19.1 Å². The molecule has 0 aliphatic carbocycles. The number of rotatable bonds is 2. The molecule has 1 aliphatic heterocycles. The van der Waals surface area contributed by atoms with Gasteiger partial charge in [-0.05, 0) is 0 Å². The first-order valence-electron chi connectivity index (χ1n) is 3.91. The average Bonchev–Trinajstić information content (AvgIpc) is 2.27. The molecular weight excluding hydrogens is 192 g/mol. The summed E-state index contributed by atoms with van der Waals surface area (Å²) in [6, 6.07) is 0. The molecule has 8 heteroatoms. The Hall–Kier alpha value is -1.22. The summed E-state index contributed by atoms with van der Waals surface area (Å²) in [6.07, 6.45) is 0. The minimum Gasteiger partial charge on any atom is -0.375 e. The molecule has 0 saturated carbocycles. The van der Waals surface area contributed by atoms with Gasteiger partial charge in [0.15, 0.2) is 0 Å². The third kappa shape index (κ3) is 1.68. The predicted octanol–water partition coefficient (Wildman–Crippen LogP) is -3.25. The summed E-state index contributed by atoms with van der Waals surface area (Å²) in [5.74, 6) is 8.27. The monoisotopic (exact) mass is 204 g/mol. The number of carbonyl (C=O) groups is 2. The third-order valence-electron chi connectivity index (χ3n) is 1.88. The lowest BCUT2D eigenvalue weighted by atomic mass is 10.0. The molecule has 2 amide bonds. The summed E-state index contributed by atoms with van der Waals surface area (Å²) in [6.45, 7) is 0.233. The highest BCUT2D eigenvalue weighted by Crippen LogP contribution is 2.16. The molecule has 1 rings (SSSR count). The Morgan fingerprint density at radius 3 is 2.07 bits per heavy atom. The number of hydrogen-bond acceptors (Lipinski definition) is 6. The number of nitrogens with two attached hydrogens (primary N) is 2. The molecule has 0 unspecified atom stereocenters. The highest BCUT2D eigenvalue weighted by atomic mass is 16.6. The summed E-state index contributed by atoms with van der Waals surface area (Å²) < 4.78 is 10.0. The van der Waals surface area contributed by atoms with Crippen LogP contribution in [0.2, 0.25) is 0 Å². The zero-order chi connectivity index (χ0) is 10.6. The molecule has 0 bridgehead atoms. The van der Waals surface area contributed by atoms with Gasteiger partial charge in [0.2, 0.25) is 0 Å². The van der Waals surface area contributed by atoms with E-state index in [0.717, 1.165) is 0 Å². The molecule has 0 radical (unpaired) electrons. The van der Waals surface area contributed by atoms with Crippen molar-refractivity contribution in [2.45, 2.75) is 5.60 Å². The Balaban J connectivity index is 2.87. The molecule has 0 aromatic heterocycles. The lowest BCUT2D eigenvalue weighted by molar-refractivity contribution is -0.186. The van der Waals surface area contributed by atoms with E-state index in [4.69, 9.17) is 21.2 Å². The van der Waals surface area contributed by atoms with Crippen molar-refractivity contribution in [3.8, 4) is 0 Å². The predicted molar refractivity (Wildman–Crippen MR) is 44.2 cm³/mol. The van der Waals surface area contributed by atoms with Gasteiger partial charge in [-0.2, -0.15) is 0 Å². The zero-order valence-corrected chi connectivity index (χ0v) is 7.41. The first kappa shape index (κ1) is 10.9. The quantitative estimate of drug-likeness (QED) is 0.162. The molecule has 1 aliphatic rings. The molecular formula is C6H12N4O4. The fourth-order valence-corrected chi connectivity index (χ4v) is 1.13. The van der Waals surface area contributed by atoms with Crippen LogP contribution in [0.3, 0.4) is 0 Å². The van der Waals surface area contributed by atoms with Crippen molar-refractivity contribution in [1.82, 2.24) is 10.9 Å². The Kier molecular flexibility index (Phi) is 3.36. The maximum Gasteiger partial charge on any atom is 0.278 e. The van der Waals surface area contributed by atoms with Gasteiger partial charge in [0, 0.05) is 0 Å². The van der Waals surface area contributed by atoms with E-state index < -0.39 is 17.4 Å². The van der Waals surface area contributed by atoms with Gasteiger partial charge >= 0.3 is 0 Å². The Bertz CT molecular complexity index is 220. The largest absolute Gasteiger partial charge is 0.375 e. The molecule has 14 heavy (non-hydrogen) atoms. The van der Waals surface area contributed by atoms with Gasteiger partial charge in [-0.25, -0.2) is 11.7 Å². The number of ether oxygens (including phenoxy) is 2. The van der Waals surface area contributed by atoms with Crippen LogP contribution in [0.4, 0.5) is 0 Å². The van der Waals surface area contributed by atoms with Gasteiger partial charge in [-0.15, -0.1) is 0 Å². The summed E-state index contributed by atoms with van der Waals surface area (Å²) in [5.41, 5.74) is 1.88. The van der Waals surface area contributed by atoms with Crippen molar-refractivity contribution >= 4 is 11.8 Å². The van der Waals surface area contributed by atoms with Crippen LogP contribution < -0.4 is 22.5 Å². The third-order valence-corrected chi connectivity index (χ3v) is 1.88. The highest BCUT2D eigenvalue weighted by molar-refractivity contribution is 6.08. The second-order valence-electron chi connectivity index (χ2n) is 2.67. The van der Waals surface area contributed by atoms with Crippen LogP contribution in [-0.2, 0) is 19.1 Å². The Labute approximate surface area is 79.8 Å². The van der Waals surface area contributed by atoms with E-state index in [-0.39, 0.29) is 13.2 Å². The van der Waals surface area contributed by atoms with Crippen molar-refractivity contribution in [1.29, 1.82) is 0 Å². The van der Waals surface area contributed by atoms with Crippen LogP contribution in [-0.4, -0.2) is 37.2 Å². The van der Waals surface area contributed by atoms with E-state index in [0.29, 0.717) is 6.61 Å². The van der Waals surface area contributed by atoms with E-state index >= 15 is 0 Å². The first-order valence-corrected chi connectivity index (χ1v) is 3.91. The van der Waals surface area contributed by atoms with Crippen LogP contribution in [0.25, 0.3) is 0 Å². The van der Waals surface area contributed by atoms with Crippen LogP contribution in [0.1, 0.15) is 0 Å². The lowest BCUT2D eigenvalue weighted by Crippen LogP contribution is -2.65. The molecule has 1 fully saturated rings. The topological polar surface area (TPSA) is 129 Å². The zero-order valence-electron chi connectivity index (χ0n) is 7.41. The van der Waals surface area contributed by atoms with Gasteiger partial charge in [-0.1, -0.05) is 0 Å². The van der Waals surface area contributed by atoms with Gasteiger partial charge in [0.25, 0.3) is 17.4 Å². The van der Waals surface area contributed by atoms with Crippen molar-refractivity contribution in [3.05, 3.63) is 0 Å². The minimum atomic E-state index is -1.78. The maximum atomic E-state index is 11.3. The maximum absolute atomic E-state index is 11.3. The van der Waals surface area contributed by atoms with Crippen LogP contribution in [0.15, 0.2) is 0 Å². The van der Waals surface area contributed by atoms with Gasteiger partial charge in [0.1, 0.15) is 0 Å². The van der Waals surface area contributed by atoms with Crippen molar-refractivity contribution in [2.75, 3.05) is 19.8 Å². The fourth-order valence-electron chi connectivity index (χ4n) is 1.13. The minimum absolute atomic E-state index is 0.126.